The zero-order valence-electron chi connectivity index (χ0n) is 48.0. The van der Waals surface area contributed by atoms with Crippen molar-refractivity contribution in [2.75, 3.05) is 60.0 Å². The molecule has 8 aliphatic rings. The van der Waals surface area contributed by atoms with Crippen LogP contribution < -0.4 is 0 Å². The van der Waals surface area contributed by atoms with Gasteiger partial charge in [-0.05, 0) is 0 Å². The fourth-order valence-electron chi connectivity index (χ4n) is 11.9. The van der Waals surface area contributed by atoms with Crippen LogP contribution in [0.3, 0.4) is 0 Å². The topological polar surface area (TPSA) is 633 Å². The van der Waals surface area contributed by atoms with Gasteiger partial charge in [-0.15, -0.1) is 0 Å². The van der Waals surface area contributed by atoms with Crippen LogP contribution in [0, 0.1) is 5.92 Å². The lowest BCUT2D eigenvalue weighted by molar-refractivity contribution is -0.399. The molecule has 0 spiro atoms. The molecule has 8 fully saturated rings. The highest BCUT2D eigenvalue weighted by Crippen LogP contribution is 2.39. The Morgan fingerprint density at radius 1 is 0.211 bits per heavy atom. The average Bonchev–Trinajstić information content (AvgIpc) is 0.930. The summed E-state index contributed by atoms with van der Waals surface area (Å²) in [5, 5.41) is 259. The Balaban J connectivity index is 0.849. The van der Waals surface area contributed by atoms with E-state index in [1.165, 1.54) is 6.92 Å². The third-order valence-corrected chi connectivity index (χ3v) is 17.3. The van der Waals surface area contributed by atoms with Crippen LogP contribution in [0.2, 0.25) is 0 Å². The SMILES string of the molecule is CO[C@@H]1OC(CO)[C@H](O[C@@H]2OC(CO)[C@H](O[C@@H]3OC(CO)[C@H](O[C@@H]4OC(CO)[C@H](O[C@@H]5OC(CO)[C@H](O[C@@H]6OC(CO)[C@H](O[C@@H]7OC(CO)[C@H](O[C@@H]8OC(CO)[C@H](C)[C@H](O)C8O)[C@H](O)C7O)[C@H](O)C6O)[C@H](O)C5O)[C@H](O)C4O)[C@H](O)C3O)[C@H](O)C2O)[C@H](O)C1O. The first-order valence-corrected chi connectivity index (χ1v) is 28.9. The van der Waals surface area contributed by atoms with Crippen molar-refractivity contribution < 1.29 is 198 Å². The second kappa shape index (κ2) is 32.2. The minimum Gasteiger partial charge on any atom is -0.394 e. The molecule has 526 valence electrons. The summed E-state index contributed by atoms with van der Waals surface area (Å²) in [4.78, 5) is 0. The van der Waals surface area contributed by atoms with E-state index in [0.29, 0.717) is 0 Å². The molecule has 0 aromatic carbocycles. The molecule has 40 heteroatoms. The Hall–Kier alpha value is -1.60. The number of aliphatic hydroxyl groups is 24. The van der Waals surface area contributed by atoms with Gasteiger partial charge >= 0.3 is 0 Å². The summed E-state index contributed by atoms with van der Waals surface area (Å²) in [6.45, 7) is -6.11. The summed E-state index contributed by atoms with van der Waals surface area (Å²) in [7, 11) is 1.15. The van der Waals surface area contributed by atoms with Crippen molar-refractivity contribution >= 4 is 0 Å². The Kier molecular flexibility index (Phi) is 26.5. The predicted octanol–water partition coefficient (Wildman–Crippen LogP) is -16.5. The Morgan fingerprint density at radius 3 is 0.522 bits per heavy atom. The number of methoxy groups -OCH3 is 1. The molecule has 16 unspecified atom stereocenters. The van der Waals surface area contributed by atoms with Gasteiger partial charge in [0.05, 0.1) is 65.1 Å². The summed E-state index contributed by atoms with van der Waals surface area (Å²) in [5.41, 5.74) is 0. The van der Waals surface area contributed by atoms with Gasteiger partial charge in [0.2, 0.25) is 0 Å². The van der Waals surface area contributed by atoms with E-state index < -0.39 is 298 Å². The molecule has 0 bridgehead atoms. The zero-order valence-corrected chi connectivity index (χ0v) is 48.0. The van der Waals surface area contributed by atoms with Crippen molar-refractivity contribution in [1.82, 2.24) is 0 Å². The zero-order chi connectivity index (χ0) is 66.1. The molecule has 8 heterocycles. The van der Waals surface area contributed by atoms with E-state index in [1.54, 1.807) is 0 Å². The van der Waals surface area contributed by atoms with Gasteiger partial charge in [0.1, 0.15) is 177 Å². The van der Waals surface area contributed by atoms with E-state index in [4.69, 9.17) is 75.8 Å². The van der Waals surface area contributed by atoms with Crippen molar-refractivity contribution in [3.05, 3.63) is 0 Å². The van der Waals surface area contributed by atoms with Gasteiger partial charge in [0, 0.05) is 13.0 Å². The lowest BCUT2D eigenvalue weighted by atomic mass is 9.91. The standard InChI is InChI=1S/C50H86O40/c1-11-12(3-51)76-44(28(67)20(11)59)84-37-14(5-53)78-46(30(69)22(37)61)86-39-16(7-55)80-48(32(71)24(39)63)88-41-18(9-57)82-50(34(73)26(41)65)90-42-19(10-58)83-49(35(74)27(42)66)89-40-17(8-56)81-47(33(72)25(40)64)87-38-15(6-54)79-45(31(70)23(38)62)85-36-13(4-52)77-43(75-2)29(68)21(36)60/h11-74H,3-10H2,1-2H3/t11-,12?,13?,14?,15?,16?,17?,18?,19?,20-,21+,22+,23+,24+,25+,26+,27+,28?,29?,30?,31?,32?,33?,34?,35?,36-,37-,38-,39-,40-,41-,42-,43+,44-,45-,46-,47-,48-,49-,50-/m0/s1. The largest absolute Gasteiger partial charge is 0.394 e. The first kappa shape index (κ1) is 74.2. The van der Waals surface area contributed by atoms with Crippen molar-refractivity contribution in [1.29, 1.82) is 0 Å². The van der Waals surface area contributed by atoms with E-state index in [-0.39, 0.29) is 0 Å². The Labute approximate surface area is 509 Å². The third kappa shape index (κ3) is 15.1. The molecule has 40 atom stereocenters. The monoisotopic (exact) mass is 1330 g/mol. The van der Waals surface area contributed by atoms with Crippen LogP contribution in [0.4, 0.5) is 0 Å². The van der Waals surface area contributed by atoms with Gasteiger partial charge in [-0.25, -0.2) is 0 Å². The number of hydrogen-bond donors (Lipinski definition) is 24. The molecule has 0 aromatic rings. The van der Waals surface area contributed by atoms with Crippen LogP contribution in [-0.2, 0) is 75.8 Å². The molecule has 8 saturated heterocycles. The summed E-state index contributed by atoms with van der Waals surface area (Å²) in [6, 6.07) is 0. The van der Waals surface area contributed by atoms with Crippen LogP contribution in [0.15, 0.2) is 0 Å². The lowest BCUT2D eigenvalue weighted by Crippen LogP contribution is -2.68. The maximum absolute atomic E-state index is 11.4. The molecule has 0 aliphatic carbocycles. The summed E-state index contributed by atoms with van der Waals surface area (Å²) >= 11 is 0. The maximum atomic E-state index is 11.4. The van der Waals surface area contributed by atoms with Gasteiger partial charge < -0.3 is 198 Å². The van der Waals surface area contributed by atoms with Crippen LogP contribution in [0.5, 0.6) is 0 Å². The van der Waals surface area contributed by atoms with Crippen LogP contribution in [0.25, 0.3) is 0 Å². The highest BCUT2D eigenvalue weighted by atomic mass is 16.8. The molecular formula is C50H86O40. The second-order valence-electron chi connectivity index (χ2n) is 23.0. The molecule has 0 amide bonds. The second-order valence-corrected chi connectivity index (χ2v) is 23.0. The minimum atomic E-state index is -2.25. The first-order valence-electron chi connectivity index (χ1n) is 28.9. The van der Waals surface area contributed by atoms with Gasteiger partial charge in [-0.1, -0.05) is 6.92 Å². The fourth-order valence-corrected chi connectivity index (χ4v) is 11.9. The highest BCUT2D eigenvalue weighted by molar-refractivity contribution is 5.01. The summed E-state index contributed by atoms with van der Waals surface area (Å²) in [6.07, 6.45) is -73.4. The van der Waals surface area contributed by atoms with Crippen molar-refractivity contribution in [2.45, 2.75) is 246 Å². The number of rotatable bonds is 23. The smallest absolute Gasteiger partial charge is 0.187 e. The maximum Gasteiger partial charge on any atom is 0.187 e. The van der Waals surface area contributed by atoms with Crippen LogP contribution in [0.1, 0.15) is 6.92 Å². The van der Waals surface area contributed by atoms with E-state index in [1.807, 2.05) is 0 Å². The lowest BCUT2D eigenvalue weighted by Gasteiger charge is -2.50. The van der Waals surface area contributed by atoms with Gasteiger partial charge in [0.15, 0.2) is 50.3 Å². The molecule has 0 aromatic heterocycles. The van der Waals surface area contributed by atoms with Crippen LogP contribution >= 0.6 is 0 Å². The van der Waals surface area contributed by atoms with Gasteiger partial charge in [-0.3, -0.25) is 0 Å². The number of aliphatic hydroxyl groups excluding tert-OH is 24. The molecule has 8 rings (SSSR count). The van der Waals surface area contributed by atoms with Crippen molar-refractivity contribution in [2.24, 2.45) is 5.92 Å². The molecule has 0 radical (unpaired) electrons. The van der Waals surface area contributed by atoms with E-state index in [2.05, 4.69) is 0 Å². The molecule has 90 heavy (non-hydrogen) atoms. The summed E-state index contributed by atoms with van der Waals surface area (Å²) < 4.78 is 89.5. The fraction of sp³-hybridized carbons (Fsp3) is 1.00. The Morgan fingerprint density at radius 2 is 0.356 bits per heavy atom. The normalized spacial score (nSPS) is 53.1. The van der Waals surface area contributed by atoms with E-state index in [9.17, 15) is 123 Å². The molecule has 24 N–H and O–H groups in total. The van der Waals surface area contributed by atoms with E-state index >= 15 is 0 Å². The third-order valence-electron chi connectivity index (χ3n) is 17.3. The highest BCUT2D eigenvalue weighted by Gasteiger charge is 2.59. The molecule has 0 saturated carbocycles. The molecular weight excluding hydrogens is 1240 g/mol. The Bertz CT molecular complexity index is 2140. The first-order chi connectivity index (χ1) is 42.8. The summed E-state index contributed by atoms with van der Waals surface area (Å²) in [5.74, 6) is -0.763. The number of ether oxygens (including phenoxy) is 16. The quantitative estimate of drug-likeness (QED) is 0.0452. The molecule has 40 nitrogen and oxygen atoms in total. The van der Waals surface area contributed by atoms with E-state index in [0.717, 1.165) is 7.11 Å². The molecule has 8 aliphatic heterocycles. The number of hydrogen-bond acceptors (Lipinski definition) is 40. The van der Waals surface area contributed by atoms with Crippen molar-refractivity contribution in [3.8, 4) is 0 Å². The van der Waals surface area contributed by atoms with Gasteiger partial charge in [-0.2, -0.15) is 0 Å². The minimum absolute atomic E-state index is 0.603. The van der Waals surface area contributed by atoms with Gasteiger partial charge in [0.25, 0.3) is 0 Å². The van der Waals surface area contributed by atoms with Crippen molar-refractivity contribution in [3.63, 3.8) is 0 Å². The van der Waals surface area contributed by atoms with Crippen LogP contribution in [-0.4, -0.2) is 422 Å². The predicted molar refractivity (Wildman–Crippen MR) is 272 cm³/mol. The average molecular weight is 1330 g/mol.